The van der Waals surface area contributed by atoms with Crippen molar-refractivity contribution in [3.8, 4) is 5.75 Å². The third kappa shape index (κ3) is 2.43. The highest BCUT2D eigenvalue weighted by atomic mass is 79.9. The lowest BCUT2D eigenvalue weighted by Crippen LogP contribution is -2.00. The number of hydrogen-bond donors (Lipinski definition) is 1. The summed E-state index contributed by atoms with van der Waals surface area (Å²) >= 11 is 20.1. The summed E-state index contributed by atoms with van der Waals surface area (Å²) < 4.78 is -0.863. The minimum Gasteiger partial charge on any atom is -0.508 e. The van der Waals surface area contributed by atoms with Gasteiger partial charge in [-0.15, -0.1) is 0 Å². The van der Waals surface area contributed by atoms with Gasteiger partial charge < -0.3 is 5.11 Å². The Kier molecular flexibility index (Phi) is 3.16. The topological polar surface area (TPSA) is 20.2 Å². The molecule has 0 aliphatic rings. The van der Waals surface area contributed by atoms with Crippen molar-refractivity contribution in [2.24, 2.45) is 0 Å². The van der Waals surface area contributed by atoms with Crippen LogP contribution in [0, 0.1) is 0 Å². The number of halogens is 4. The molecule has 0 aromatic heterocycles. The Bertz CT molecular complexity index is 295. The van der Waals surface area contributed by atoms with Crippen molar-refractivity contribution in [2.75, 3.05) is 0 Å². The Morgan fingerprint density at radius 1 is 1.25 bits per heavy atom. The quantitative estimate of drug-likeness (QED) is 0.717. The molecule has 0 fully saturated rings. The minimum atomic E-state index is -1.52. The first-order valence-corrected chi connectivity index (χ1v) is 4.89. The largest absolute Gasteiger partial charge is 0.508 e. The van der Waals surface area contributed by atoms with Crippen LogP contribution in [0.15, 0.2) is 22.7 Å². The first kappa shape index (κ1) is 10.5. The van der Waals surface area contributed by atoms with Gasteiger partial charge in [0.25, 0.3) is 0 Å². The van der Waals surface area contributed by atoms with Gasteiger partial charge in [0.05, 0.1) is 0 Å². The molecule has 0 spiro atoms. The molecule has 0 unspecified atom stereocenters. The van der Waals surface area contributed by atoms with Crippen molar-refractivity contribution in [3.63, 3.8) is 0 Å². The van der Waals surface area contributed by atoms with Gasteiger partial charge in [-0.2, -0.15) is 0 Å². The molecule has 0 heterocycles. The van der Waals surface area contributed by atoms with Crippen molar-refractivity contribution in [3.05, 3.63) is 28.2 Å². The van der Waals surface area contributed by atoms with Crippen LogP contribution in [0.2, 0.25) is 0 Å². The maximum absolute atomic E-state index is 9.10. The molecule has 0 saturated carbocycles. The summed E-state index contributed by atoms with van der Waals surface area (Å²) in [7, 11) is 0. The Morgan fingerprint density at radius 3 is 2.25 bits per heavy atom. The van der Waals surface area contributed by atoms with E-state index in [1.54, 1.807) is 6.07 Å². The Morgan fingerprint density at radius 2 is 1.83 bits per heavy atom. The highest BCUT2D eigenvalue weighted by molar-refractivity contribution is 9.10. The van der Waals surface area contributed by atoms with Gasteiger partial charge in [-0.3, -0.25) is 0 Å². The Balaban J connectivity index is 3.23. The fourth-order valence-corrected chi connectivity index (χ4v) is 2.09. The molecule has 0 atom stereocenters. The van der Waals surface area contributed by atoms with Gasteiger partial charge in [0.15, 0.2) is 0 Å². The number of alkyl halides is 3. The van der Waals surface area contributed by atoms with Gasteiger partial charge in [0.2, 0.25) is 3.79 Å². The van der Waals surface area contributed by atoms with E-state index in [-0.39, 0.29) is 5.75 Å². The van der Waals surface area contributed by atoms with Crippen LogP contribution in [0.5, 0.6) is 5.75 Å². The monoisotopic (exact) mass is 288 g/mol. The normalized spacial score (nSPS) is 11.7. The highest BCUT2D eigenvalue weighted by Gasteiger charge is 2.25. The van der Waals surface area contributed by atoms with Crippen molar-refractivity contribution in [1.29, 1.82) is 0 Å². The average Bonchev–Trinajstić information content (AvgIpc) is 1.92. The number of phenols is 1. The molecule has 0 radical (unpaired) electrons. The number of hydrogen-bond acceptors (Lipinski definition) is 1. The Hall–Kier alpha value is 0.370. The van der Waals surface area contributed by atoms with Crippen LogP contribution >= 0.6 is 50.7 Å². The van der Waals surface area contributed by atoms with Crippen LogP contribution in [0.4, 0.5) is 0 Å². The molecule has 1 N–H and O–H groups in total. The van der Waals surface area contributed by atoms with Gasteiger partial charge >= 0.3 is 0 Å². The highest BCUT2D eigenvalue weighted by Crippen LogP contribution is 2.42. The molecular weight excluding hydrogens is 286 g/mol. The average molecular weight is 290 g/mol. The third-order valence-electron chi connectivity index (χ3n) is 1.26. The van der Waals surface area contributed by atoms with E-state index in [1.165, 1.54) is 12.1 Å². The summed E-state index contributed by atoms with van der Waals surface area (Å²) in [6, 6.07) is 4.52. The fraction of sp³-hybridized carbons (Fsp3) is 0.143. The third-order valence-corrected chi connectivity index (χ3v) is 2.56. The molecule has 12 heavy (non-hydrogen) atoms. The second-order valence-corrected chi connectivity index (χ2v) is 5.30. The van der Waals surface area contributed by atoms with Crippen molar-refractivity contribution in [2.45, 2.75) is 3.79 Å². The fourth-order valence-electron chi connectivity index (χ4n) is 0.730. The van der Waals surface area contributed by atoms with E-state index < -0.39 is 3.79 Å². The summed E-state index contributed by atoms with van der Waals surface area (Å²) in [6.07, 6.45) is 0. The van der Waals surface area contributed by atoms with E-state index >= 15 is 0 Å². The zero-order valence-corrected chi connectivity index (χ0v) is 9.54. The van der Waals surface area contributed by atoms with E-state index in [0.717, 1.165) is 0 Å². The van der Waals surface area contributed by atoms with Crippen LogP contribution in [0.1, 0.15) is 5.56 Å². The van der Waals surface area contributed by atoms with Gasteiger partial charge in [-0.25, -0.2) is 0 Å². The van der Waals surface area contributed by atoms with Gasteiger partial charge in [-0.05, 0) is 18.2 Å². The first-order chi connectivity index (χ1) is 5.41. The molecule has 0 amide bonds. The van der Waals surface area contributed by atoms with E-state index in [2.05, 4.69) is 15.9 Å². The molecule has 5 heteroatoms. The zero-order valence-electron chi connectivity index (χ0n) is 5.69. The van der Waals surface area contributed by atoms with Crippen molar-refractivity contribution in [1.82, 2.24) is 0 Å². The van der Waals surface area contributed by atoms with Gasteiger partial charge in [0, 0.05) is 10.0 Å². The summed E-state index contributed by atoms with van der Waals surface area (Å²) in [4.78, 5) is 0. The molecule has 1 rings (SSSR count). The number of phenolic OH excluding ortho intramolecular Hbond substituents is 1. The molecule has 1 aromatic rings. The van der Waals surface area contributed by atoms with Crippen LogP contribution in [0.25, 0.3) is 0 Å². The second kappa shape index (κ2) is 3.62. The van der Waals surface area contributed by atoms with E-state index in [9.17, 15) is 0 Å². The SMILES string of the molecule is Oc1ccc(Br)c(C(Cl)(Cl)Cl)c1. The summed E-state index contributed by atoms with van der Waals surface area (Å²) in [5.41, 5.74) is 0.424. The van der Waals surface area contributed by atoms with E-state index in [0.29, 0.717) is 10.0 Å². The minimum absolute atomic E-state index is 0.0690. The van der Waals surface area contributed by atoms with Gasteiger partial charge in [-0.1, -0.05) is 50.7 Å². The molecule has 0 aliphatic heterocycles. The smallest absolute Gasteiger partial charge is 0.217 e. The van der Waals surface area contributed by atoms with Crippen molar-refractivity contribution < 1.29 is 5.11 Å². The number of aromatic hydroxyl groups is 1. The zero-order chi connectivity index (χ0) is 9.35. The maximum Gasteiger partial charge on any atom is 0.217 e. The van der Waals surface area contributed by atoms with Gasteiger partial charge in [0.1, 0.15) is 5.75 Å². The van der Waals surface area contributed by atoms with Crippen molar-refractivity contribution >= 4 is 50.7 Å². The molecule has 1 aromatic carbocycles. The van der Waals surface area contributed by atoms with E-state index in [4.69, 9.17) is 39.9 Å². The summed E-state index contributed by atoms with van der Waals surface area (Å²) in [5, 5.41) is 9.10. The first-order valence-electron chi connectivity index (χ1n) is 2.97. The predicted octanol–water partition coefficient (Wildman–Crippen LogP) is 3.98. The lowest BCUT2D eigenvalue weighted by molar-refractivity contribution is 0.474. The maximum atomic E-state index is 9.10. The van der Waals surface area contributed by atoms with Crippen LogP contribution in [0.3, 0.4) is 0 Å². The Labute approximate surface area is 93.4 Å². The lowest BCUT2D eigenvalue weighted by Gasteiger charge is -2.13. The molecule has 0 bridgehead atoms. The molecular formula is C7H4BrCl3O. The molecule has 0 saturated heterocycles. The van der Waals surface area contributed by atoms with Crippen LogP contribution in [-0.2, 0) is 3.79 Å². The molecule has 0 aliphatic carbocycles. The number of benzene rings is 1. The predicted molar refractivity (Wildman–Crippen MR) is 55.0 cm³/mol. The standard InChI is InChI=1S/C7H4BrCl3O/c8-6-2-1-4(12)3-5(6)7(9,10)11/h1-3,12H. The lowest BCUT2D eigenvalue weighted by atomic mass is 10.2. The number of rotatable bonds is 0. The summed E-state index contributed by atoms with van der Waals surface area (Å²) in [6.45, 7) is 0. The molecule has 66 valence electrons. The second-order valence-electron chi connectivity index (χ2n) is 2.16. The van der Waals surface area contributed by atoms with E-state index in [1.807, 2.05) is 0 Å². The molecule has 1 nitrogen and oxygen atoms in total. The van der Waals surface area contributed by atoms with Crippen LogP contribution < -0.4 is 0 Å². The summed E-state index contributed by atoms with van der Waals surface area (Å²) in [5.74, 6) is 0.0690. The van der Waals surface area contributed by atoms with Crippen LogP contribution in [-0.4, -0.2) is 5.11 Å².